The molecule has 0 spiro atoms. The summed E-state index contributed by atoms with van der Waals surface area (Å²) in [5.74, 6) is 0. The smallest absolute Gasteiger partial charge is 0.0619 e. The Kier molecular flexibility index (Phi) is 5.38. The molecule has 0 unspecified atom stereocenters. The summed E-state index contributed by atoms with van der Waals surface area (Å²) in [5, 5.41) is 10.1. The highest BCUT2D eigenvalue weighted by Crippen LogP contribution is 2.43. The maximum absolute atomic E-state index is 2.49. The molecule has 0 saturated carbocycles. The van der Waals surface area contributed by atoms with Crippen molar-refractivity contribution in [2.24, 2.45) is 0 Å². The van der Waals surface area contributed by atoms with E-state index in [0.717, 1.165) is 5.69 Å². The molecule has 0 atom stereocenters. The van der Waals surface area contributed by atoms with Gasteiger partial charge < -0.3 is 13.7 Å². The molecule has 0 fully saturated rings. The molecule has 0 aliphatic rings. The summed E-state index contributed by atoms with van der Waals surface area (Å²) >= 11 is 0. The van der Waals surface area contributed by atoms with E-state index in [1.807, 2.05) is 0 Å². The molecule has 3 nitrogen and oxygen atoms in total. The summed E-state index contributed by atoms with van der Waals surface area (Å²) in [6, 6.07) is 64.1. The molecule has 0 bridgehead atoms. The zero-order valence-corrected chi connectivity index (χ0v) is 26.6. The average molecular weight is 624 g/mol. The quantitative estimate of drug-likeness (QED) is 0.186. The molecule has 49 heavy (non-hydrogen) atoms. The van der Waals surface area contributed by atoms with Crippen LogP contribution in [0, 0.1) is 0 Å². The molecule has 0 amide bonds. The van der Waals surface area contributed by atoms with Gasteiger partial charge in [-0.1, -0.05) is 109 Å². The van der Waals surface area contributed by atoms with Gasteiger partial charge in [-0.2, -0.15) is 0 Å². The first-order valence-electron chi connectivity index (χ1n) is 16.9. The Labute approximate surface area is 282 Å². The van der Waals surface area contributed by atoms with E-state index >= 15 is 0 Å². The lowest BCUT2D eigenvalue weighted by atomic mass is 10.0. The second-order valence-electron chi connectivity index (χ2n) is 12.9. The first kappa shape index (κ1) is 26.5. The third-order valence-electron chi connectivity index (χ3n) is 10.4. The van der Waals surface area contributed by atoms with Crippen LogP contribution in [0.5, 0.6) is 0 Å². The fourth-order valence-corrected chi connectivity index (χ4v) is 8.41. The van der Waals surface area contributed by atoms with Crippen LogP contribution in [0.2, 0.25) is 0 Å². The number of para-hydroxylation sites is 5. The average Bonchev–Trinajstić information content (AvgIpc) is 3.81. The van der Waals surface area contributed by atoms with Crippen LogP contribution in [0.4, 0.5) is 0 Å². The van der Waals surface area contributed by atoms with Crippen molar-refractivity contribution in [3.63, 3.8) is 0 Å². The van der Waals surface area contributed by atoms with Crippen molar-refractivity contribution in [1.29, 1.82) is 0 Å². The minimum atomic E-state index is 1.16. The highest BCUT2D eigenvalue weighted by Gasteiger charge is 2.20. The van der Waals surface area contributed by atoms with Crippen LogP contribution in [-0.2, 0) is 0 Å². The largest absolute Gasteiger partial charge is 0.309 e. The summed E-state index contributed by atoms with van der Waals surface area (Å²) in [6.45, 7) is 0. The maximum Gasteiger partial charge on any atom is 0.0619 e. The van der Waals surface area contributed by atoms with Gasteiger partial charge in [-0.15, -0.1) is 0 Å². The lowest BCUT2D eigenvalue weighted by Gasteiger charge is -2.12. The zero-order valence-electron chi connectivity index (χ0n) is 26.6. The molecular formula is C46H29N3. The fraction of sp³-hybridized carbons (Fsp3) is 0. The normalized spacial score (nSPS) is 12.1. The number of hydrogen-bond donors (Lipinski definition) is 0. The molecule has 0 N–H and O–H groups in total. The molecular weight excluding hydrogens is 595 g/mol. The van der Waals surface area contributed by atoms with Gasteiger partial charge in [0.2, 0.25) is 0 Å². The Bertz CT molecular complexity index is 3090. The maximum atomic E-state index is 2.49. The van der Waals surface area contributed by atoms with Crippen LogP contribution in [0.25, 0.3) is 93.3 Å². The van der Waals surface area contributed by atoms with Gasteiger partial charge in [-0.05, 0) is 72.1 Å². The topological polar surface area (TPSA) is 14.8 Å². The van der Waals surface area contributed by atoms with Crippen molar-refractivity contribution in [3.05, 3.63) is 176 Å². The van der Waals surface area contributed by atoms with Crippen LogP contribution in [0.3, 0.4) is 0 Å². The summed E-state index contributed by atoms with van der Waals surface area (Å²) in [7, 11) is 0. The van der Waals surface area contributed by atoms with Gasteiger partial charge >= 0.3 is 0 Å². The van der Waals surface area contributed by atoms with E-state index in [1.54, 1.807) is 0 Å². The molecule has 3 aromatic heterocycles. The predicted octanol–water partition coefficient (Wildman–Crippen LogP) is 12.1. The number of rotatable bonds is 3. The molecule has 3 heteroatoms. The van der Waals surface area contributed by atoms with Crippen LogP contribution >= 0.6 is 0 Å². The third kappa shape index (κ3) is 3.62. The highest BCUT2D eigenvalue weighted by atomic mass is 15.0. The first-order valence-corrected chi connectivity index (χ1v) is 16.9. The standard InChI is InChI=1S/C46H29N3/c1-3-13-30(14-4-1)47-40-20-10-8-18-34(40)39-29-32(23-27-43(39)47)49-41-21-11-7-17-33(41)36-25-24-35-37(46(36)49)26-28-44-45(35)38-19-9-12-22-42(38)48(44)31-15-5-2-6-16-31/h1-29H. The minimum Gasteiger partial charge on any atom is -0.309 e. The van der Waals surface area contributed by atoms with Gasteiger partial charge in [0.25, 0.3) is 0 Å². The van der Waals surface area contributed by atoms with Crippen molar-refractivity contribution < 1.29 is 0 Å². The SMILES string of the molecule is c1ccc(-n2c3ccccc3c3cc(-n4c5ccccc5c5ccc6c(ccc7c6c6ccccc6n7-c6ccccc6)c54)ccc32)cc1. The van der Waals surface area contributed by atoms with Crippen molar-refractivity contribution in [1.82, 2.24) is 13.7 Å². The molecule has 11 aromatic rings. The minimum absolute atomic E-state index is 1.16. The van der Waals surface area contributed by atoms with Crippen LogP contribution in [0.1, 0.15) is 0 Å². The summed E-state index contributed by atoms with van der Waals surface area (Å²) < 4.78 is 7.28. The number of nitrogens with zero attached hydrogens (tertiary/aromatic N) is 3. The zero-order chi connectivity index (χ0) is 32.1. The summed E-state index contributed by atoms with van der Waals surface area (Å²) in [4.78, 5) is 0. The molecule has 0 radical (unpaired) electrons. The van der Waals surface area contributed by atoms with Crippen molar-refractivity contribution in [2.75, 3.05) is 0 Å². The molecule has 8 aromatic carbocycles. The van der Waals surface area contributed by atoms with E-state index in [9.17, 15) is 0 Å². The van der Waals surface area contributed by atoms with Crippen molar-refractivity contribution in [2.45, 2.75) is 0 Å². The lowest BCUT2D eigenvalue weighted by molar-refractivity contribution is 1.17. The van der Waals surface area contributed by atoms with E-state index in [-0.39, 0.29) is 0 Å². The number of benzene rings is 8. The van der Waals surface area contributed by atoms with Crippen LogP contribution in [0.15, 0.2) is 176 Å². The monoisotopic (exact) mass is 623 g/mol. The molecule has 11 rings (SSSR count). The van der Waals surface area contributed by atoms with E-state index in [1.165, 1.54) is 87.6 Å². The molecule has 0 aliphatic heterocycles. The van der Waals surface area contributed by atoms with Crippen molar-refractivity contribution >= 4 is 76.2 Å². The van der Waals surface area contributed by atoms with Crippen molar-refractivity contribution in [3.8, 4) is 17.1 Å². The second kappa shape index (κ2) is 9.96. The van der Waals surface area contributed by atoms with E-state index in [4.69, 9.17) is 0 Å². The highest BCUT2D eigenvalue weighted by molar-refractivity contribution is 6.28. The second-order valence-corrected chi connectivity index (χ2v) is 12.9. The van der Waals surface area contributed by atoms with Gasteiger partial charge in [-0.25, -0.2) is 0 Å². The first-order chi connectivity index (χ1) is 24.3. The van der Waals surface area contributed by atoms with Gasteiger partial charge in [0, 0.05) is 54.8 Å². The molecule has 0 saturated heterocycles. The van der Waals surface area contributed by atoms with Gasteiger partial charge in [-0.3, -0.25) is 0 Å². The van der Waals surface area contributed by atoms with E-state index < -0.39 is 0 Å². The fourth-order valence-electron chi connectivity index (χ4n) is 8.41. The van der Waals surface area contributed by atoms with Gasteiger partial charge in [0.1, 0.15) is 0 Å². The lowest BCUT2D eigenvalue weighted by Crippen LogP contribution is -1.96. The molecule has 3 heterocycles. The Morgan fingerprint density at radius 1 is 0.245 bits per heavy atom. The summed E-state index contributed by atoms with van der Waals surface area (Å²) in [6.07, 6.45) is 0. The number of fused-ring (bicyclic) bond motifs is 12. The Hall–Kier alpha value is -6.58. The third-order valence-corrected chi connectivity index (χ3v) is 10.4. The molecule has 0 aliphatic carbocycles. The van der Waals surface area contributed by atoms with Gasteiger partial charge in [0.05, 0.1) is 33.1 Å². The Morgan fingerprint density at radius 2 is 0.694 bits per heavy atom. The summed E-state index contributed by atoms with van der Waals surface area (Å²) in [5.41, 5.74) is 10.8. The van der Waals surface area contributed by atoms with E-state index in [2.05, 4.69) is 190 Å². The van der Waals surface area contributed by atoms with Crippen LogP contribution < -0.4 is 0 Å². The number of aromatic nitrogens is 3. The number of hydrogen-bond acceptors (Lipinski definition) is 0. The Morgan fingerprint density at radius 3 is 1.39 bits per heavy atom. The predicted molar refractivity (Wildman–Crippen MR) is 207 cm³/mol. The Balaban J connectivity index is 1.26. The van der Waals surface area contributed by atoms with Crippen LogP contribution in [-0.4, -0.2) is 13.7 Å². The van der Waals surface area contributed by atoms with E-state index in [0.29, 0.717) is 0 Å². The van der Waals surface area contributed by atoms with Gasteiger partial charge in [0.15, 0.2) is 0 Å². The molecule has 228 valence electrons.